The zero-order valence-corrected chi connectivity index (χ0v) is 13.9. The summed E-state index contributed by atoms with van der Waals surface area (Å²) in [5.74, 6) is 0. The Balaban J connectivity index is 1.64. The van der Waals surface area contributed by atoms with Crippen molar-refractivity contribution >= 4 is 33.2 Å². The van der Waals surface area contributed by atoms with Crippen molar-refractivity contribution in [3.63, 3.8) is 0 Å². The summed E-state index contributed by atoms with van der Waals surface area (Å²) < 4.78 is 27.5. The molecule has 7 heteroatoms. The maximum atomic E-state index is 12.4. The Bertz CT molecular complexity index is 624. The van der Waals surface area contributed by atoms with Gasteiger partial charge in [0.1, 0.15) is 0 Å². The van der Waals surface area contributed by atoms with E-state index in [1.54, 1.807) is 0 Å². The van der Waals surface area contributed by atoms with E-state index in [0.29, 0.717) is 5.02 Å². The molecule has 1 heterocycles. The Morgan fingerprint density at radius 3 is 2.29 bits per heavy atom. The molecule has 116 valence electrons. The zero-order chi connectivity index (χ0) is 15.0. The van der Waals surface area contributed by atoms with Crippen LogP contribution in [0.1, 0.15) is 25.7 Å². The van der Waals surface area contributed by atoms with E-state index in [4.69, 9.17) is 23.2 Å². The van der Waals surface area contributed by atoms with E-state index in [2.05, 4.69) is 9.62 Å². The van der Waals surface area contributed by atoms with Gasteiger partial charge in [-0.15, -0.1) is 0 Å². The zero-order valence-electron chi connectivity index (χ0n) is 11.6. The van der Waals surface area contributed by atoms with Crippen LogP contribution in [0.2, 0.25) is 10.0 Å². The summed E-state index contributed by atoms with van der Waals surface area (Å²) in [6.45, 7) is 1.94. The fourth-order valence-corrected chi connectivity index (χ4v) is 4.45. The van der Waals surface area contributed by atoms with Gasteiger partial charge in [-0.1, -0.05) is 23.2 Å². The van der Waals surface area contributed by atoms with Crippen molar-refractivity contribution in [2.75, 3.05) is 13.1 Å². The molecule has 4 nitrogen and oxygen atoms in total. The molecule has 0 bridgehead atoms. The van der Waals surface area contributed by atoms with Gasteiger partial charge in [0.15, 0.2) is 0 Å². The Hall–Kier alpha value is -0.330. The summed E-state index contributed by atoms with van der Waals surface area (Å²) in [7, 11) is -3.53. The van der Waals surface area contributed by atoms with E-state index in [-0.39, 0.29) is 16.0 Å². The maximum Gasteiger partial charge on any atom is 0.240 e. The van der Waals surface area contributed by atoms with Crippen LogP contribution in [0.3, 0.4) is 0 Å². The minimum atomic E-state index is -3.53. The number of halogens is 2. The molecule has 0 unspecified atom stereocenters. The Morgan fingerprint density at radius 1 is 1.05 bits per heavy atom. The monoisotopic (exact) mass is 348 g/mol. The topological polar surface area (TPSA) is 49.4 Å². The molecule has 1 aliphatic carbocycles. The van der Waals surface area contributed by atoms with Crippen LogP contribution < -0.4 is 4.72 Å². The van der Waals surface area contributed by atoms with Crippen molar-refractivity contribution in [2.24, 2.45) is 0 Å². The predicted molar refractivity (Wildman–Crippen MR) is 84.4 cm³/mol. The molecule has 3 rings (SSSR count). The second kappa shape index (κ2) is 6.05. The average Bonchev–Trinajstić information content (AvgIpc) is 3.27. The molecule has 21 heavy (non-hydrogen) atoms. The summed E-state index contributed by atoms with van der Waals surface area (Å²) in [5.41, 5.74) is 0. The van der Waals surface area contributed by atoms with Gasteiger partial charge < -0.3 is 4.90 Å². The van der Waals surface area contributed by atoms with Gasteiger partial charge in [0.05, 0.1) is 14.9 Å². The summed E-state index contributed by atoms with van der Waals surface area (Å²) in [6.07, 6.45) is 4.30. The molecule has 0 radical (unpaired) electrons. The van der Waals surface area contributed by atoms with E-state index in [0.717, 1.165) is 32.0 Å². The van der Waals surface area contributed by atoms with Crippen LogP contribution >= 0.6 is 23.2 Å². The third-order valence-corrected chi connectivity index (χ3v) is 6.37. The van der Waals surface area contributed by atoms with E-state index in [1.165, 1.54) is 31.0 Å². The van der Waals surface area contributed by atoms with E-state index >= 15 is 0 Å². The molecule has 2 fully saturated rings. The van der Waals surface area contributed by atoms with Crippen molar-refractivity contribution in [2.45, 2.75) is 42.7 Å². The van der Waals surface area contributed by atoms with Crippen LogP contribution in [0.5, 0.6) is 0 Å². The number of benzene rings is 1. The first-order chi connectivity index (χ1) is 9.95. The third kappa shape index (κ3) is 3.71. The van der Waals surface area contributed by atoms with Gasteiger partial charge in [-0.2, -0.15) is 0 Å². The Labute approximate surface area is 135 Å². The highest BCUT2D eigenvalue weighted by atomic mass is 35.5. The molecular formula is C14H18Cl2N2O2S. The second-order valence-corrected chi connectivity index (χ2v) is 8.27. The van der Waals surface area contributed by atoms with Gasteiger partial charge in [-0.25, -0.2) is 13.1 Å². The first-order valence-corrected chi connectivity index (χ1v) is 9.41. The van der Waals surface area contributed by atoms with Crippen LogP contribution in [0.15, 0.2) is 23.1 Å². The minimum absolute atomic E-state index is 0.000506. The Morgan fingerprint density at radius 2 is 1.71 bits per heavy atom. The van der Waals surface area contributed by atoms with Gasteiger partial charge in [0, 0.05) is 12.1 Å². The number of hydrogen-bond donors (Lipinski definition) is 1. The van der Waals surface area contributed by atoms with E-state index in [1.807, 2.05) is 0 Å². The van der Waals surface area contributed by atoms with Gasteiger partial charge in [-0.3, -0.25) is 0 Å². The molecule has 0 spiro atoms. The van der Waals surface area contributed by atoms with Crippen molar-refractivity contribution < 1.29 is 8.42 Å². The van der Waals surface area contributed by atoms with E-state index in [9.17, 15) is 8.42 Å². The fourth-order valence-electron chi connectivity index (χ4n) is 2.75. The highest BCUT2D eigenvalue weighted by Crippen LogP contribution is 2.30. The lowest BCUT2D eigenvalue weighted by Gasteiger charge is -2.32. The smallest absolute Gasteiger partial charge is 0.240 e. The van der Waals surface area contributed by atoms with Crippen molar-refractivity contribution in [3.05, 3.63) is 28.2 Å². The molecule has 1 N–H and O–H groups in total. The van der Waals surface area contributed by atoms with Crippen molar-refractivity contribution in [3.8, 4) is 0 Å². The van der Waals surface area contributed by atoms with Gasteiger partial charge in [0.2, 0.25) is 10.0 Å². The van der Waals surface area contributed by atoms with Crippen LogP contribution in [-0.2, 0) is 10.0 Å². The third-order valence-electron chi connectivity index (χ3n) is 4.12. The van der Waals surface area contributed by atoms with Crippen LogP contribution in [0, 0.1) is 0 Å². The first-order valence-electron chi connectivity index (χ1n) is 7.17. The number of nitrogens with one attached hydrogen (secondary N) is 1. The van der Waals surface area contributed by atoms with Gasteiger partial charge in [0.25, 0.3) is 0 Å². The van der Waals surface area contributed by atoms with Crippen LogP contribution in [0.4, 0.5) is 0 Å². The molecule has 0 amide bonds. The standard InChI is InChI=1S/C14H18Cl2N2O2S/c15-13-4-3-12(9-14(13)16)21(19,20)17-10-5-7-18(8-6-10)11-1-2-11/h3-4,9-11,17H,1-2,5-8H2. The molecular weight excluding hydrogens is 331 g/mol. The largest absolute Gasteiger partial charge is 0.300 e. The summed E-state index contributed by atoms with van der Waals surface area (Å²) >= 11 is 11.7. The quantitative estimate of drug-likeness (QED) is 0.909. The number of likely N-dealkylation sites (tertiary alicyclic amines) is 1. The Kier molecular flexibility index (Phi) is 4.48. The van der Waals surface area contributed by atoms with Crippen molar-refractivity contribution in [1.82, 2.24) is 9.62 Å². The highest BCUT2D eigenvalue weighted by molar-refractivity contribution is 7.89. The number of nitrogens with zero attached hydrogens (tertiary/aromatic N) is 1. The molecule has 0 aromatic heterocycles. The maximum absolute atomic E-state index is 12.4. The SMILES string of the molecule is O=S(=O)(NC1CCN(C2CC2)CC1)c1ccc(Cl)c(Cl)c1. The highest BCUT2D eigenvalue weighted by Gasteiger charge is 2.33. The summed E-state index contributed by atoms with van der Waals surface area (Å²) in [4.78, 5) is 2.63. The molecule has 1 aromatic rings. The fraction of sp³-hybridized carbons (Fsp3) is 0.571. The average molecular weight is 349 g/mol. The van der Waals surface area contributed by atoms with Gasteiger partial charge >= 0.3 is 0 Å². The van der Waals surface area contributed by atoms with Gasteiger partial charge in [-0.05, 0) is 57.0 Å². The molecule has 1 saturated heterocycles. The lowest BCUT2D eigenvalue weighted by atomic mass is 10.1. The number of rotatable bonds is 4. The summed E-state index contributed by atoms with van der Waals surface area (Å²) in [6, 6.07) is 5.13. The van der Waals surface area contributed by atoms with E-state index < -0.39 is 10.0 Å². The molecule has 1 aromatic carbocycles. The normalized spacial score (nSPS) is 21.6. The number of sulfonamides is 1. The molecule has 2 aliphatic rings. The lowest BCUT2D eigenvalue weighted by molar-refractivity contribution is 0.199. The van der Waals surface area contributed by atoms with Crippen LogP contribution in [0.25, 0.3) is 0 Å². The second-order valence-electron chi connectivity index (χ2n) is 5.74. The van der Waals surface area contributed by atoms with Crippen LogP contribution in [-0.4, -0.2) is 38.5 Å². The molecule has 1 aliphatic heterocycles. The molecule has 1 saturated carbocycles. The predicted octanol–water partition coefficient (Wildman–Crippen LogP) is 2.90. The summed E-state index contributed by atoms with van der Waals surface area (Å²) in [5, 5.41) is 0.608. The number of hydrogen-bond acceptors (Lipinski definition) is 3. The van der Waals surface area contributed by atoms with Crippen molar-refractivity contribution in [1.29, 1.82) is 0 Å². The first kappa shape index (κ1) is 15.6. The number of piperidine rings is 1. The minimum Gasteiger partial charge on any atom is -0.300 e. The lowest BCUT2D eigenvalue weighted by Crippen LogP contribution is -2.45. The molecule has 0 atom stereocenters.